The quantitative estimate of drug-likeness (QED) is 0.267. The summed E-state index contributed by atoms with van der Waals surface area (Å²) in [4.78, 5) is 7.06. The molecule has 29 heavy (non-hydrogen) atoms. The van der Waals surface area contributed by atoms with Crippen LogP contribution < -0.4 is 10.6 Å². The largest absolute Gasteiger partial charge is 0.379 e. The number of nitrogens with one attached hydrogen (secondary N) is 2. The minimum Gasteiger partial charge on any atom is -0.379 e. The van der Waals surface area contributed by atoms with E-state index in [4.69, 9.17) is 4.74 Å². The van der Waals surface area contributed by atoms with Crippen LogP contribution in [-0.4, -0.2) is 78.1 Å². The molecule has 1 saturated carbocycles. The maximum Gasteiger partial charge on any atom is 0.191 e. The normalized spacial score (nSPS) is 25.9. The number of nitrogens with zero attached hydrogens (tertiary/aromatic N) is 2. The van der Waals surface area contributed by atoms with Gasteiger partial charge in [0.05, 0.1) is 13.2 Å². The molecule has 0 aromatic carbocycles. The maximum atomic E-state index is 12.2. The van der Waals surface area contributed by atoms with E-state index < -0.39 is 10.8 Å². The summed E-state index contributed by atoms with van der Waals surface area (Å²) >= 11 is 0. The van der Waals surface area contributed by atoms with E-state index in [0.717, 1.165) is 70.2 Å². The average Bonchev–Trinajstić information content (AvgIpc) is 2.75. The molecule has 6 nitrogen and oxygen atoms in total. The molecule has 4 atom stereocenters. The Labute approximate surface area is 197 Å². The van der Waals surface area contributed by atoms with Gasteiger partial charge in [-0.05, 0) is 25.2 Å². The van der Waals surface area contributed by atoms with Crippen LogP contribution in [-0.2, 0) is 15.5 Å². The van der Waals surface area contributed by atoms with Crippen molar-refractivity contribution in [3.63, 3.8) is 0 Å². The van der Waals surface area contributed by atoms with Gasteiger partial charge in [0.15, 0.2) is 5.96 Å². The lowest BCUT2D eigenvalue weighted by Crippen LogP contribution is -2.54. The molecule has 0 spiro atoms. The van der Waals surface area contributed by atoms with E-state index in [9.17, 15) is 4.21 Å². The van der Waals surface area contributed by atoms with Crippen LogP contribution in [0.2, 0.25) is 0 Å². The van der Waals surface area contributed by atoms with Crippen LogP contribution in [0.4, 0.5) is 0 Å². The van der Waals surface area contributed by atoms with E-state index in [1.165, 1.54) is 12.8 Å². The van der Waals surface area contributed by atoms with Crippen LogP contribution in [0, 0.1) is 5.92 Å². The Morgan fingerprint density at radius 2 is 1.90 bits per heavy atom. The summed E-state index contributed by atoms with van der Waals surface area (Å²) in [5.41, 5.74) is 0. The summed E-state index contributed by atoms with van der Waals surface area (Å²) in [6, 6.07) is 0.875. The highest BCUT2D eigenvalue weighted by molar-refractivity contribution is 14.0. The van der Waals surface area contributed by atoms with Gasteiger partial charge in [-0.1, -0.05) is 40.0 Å². The molecule has 2 aliphatic rings. The fraction of sp³-hybridized carbons (Fsp3) is 0.952. The lowest BCUT2D eigenvalue weighted by atomic mass is 9.92. The van der Waals surface area contributed by atoms with Crippen LogP contribution in [0.15, 0.2) is 4.99 Å². The molecule has 2 fully saturated rings. The molecule has 1 saturated heterocycles. The highest BCUT2D eigenvalue weighted by Crippen LogP contribution is 2.23. The Balaban J connectivity index is 0.00000420. The van der Waals surface area contributed by atoms with Gasteiger partial charge in [-0.3, -0.25) is 14.1 Å². The van der Waals surface area contributed by atoms with Gasteiger partial charge in [0.1, 0.15) is 0 Å². The minimum atomic E-state index is -0.693. The molecule has 0 aromatic heterocycles. The second-order valence-electron chi connectivity index (χ2n) is 8.04. The summed E-state index contributed by atoms with van der Waals surface area (Å²) in [5.74, 6) is 2.33. The van der Waals surface area contributed by atoms with Crippen molar-refractivity contribution in [2.24, 2.45) is 10.9 Å². The number of ether oxygens (including phenoxy) is 1. The van der Waals surface area contributed by atoms with Crippen molar-refractivity contribution in [1.29, 1.82) is 0 Å². The van der Waals surface area contributed by atoms with Crippen molar-refractivity contribution in [2.45, 2.75) is 76.6 Å². The Morgan fingerprint density at radius 1 is 1.21 bits per heavy atom. The second-order valence-corrected chi connectivity index (χ2v) is 10.1. The third-order valence-electron chi connectivity index (χ3n) is 6.43. The third kappa shape index (κ3) is 8.61. The molecule has 1 aliphatic heterocycles. The monoisotopic (exact) mass is 542 g/mol. The molecule has 1 heterocycles. The number of rotatable bonds is 9. The van der Waals surface area contributed by atoms with E-state index in [1.807, 2.05) is 14.0 Å². The second kappa shape index (κ2) is 15.0. The van der Waals surface area contributed by atoms with Gasteiger partial charge < -0.3 is 15.4 Å². The van der Waals surface area contributed by atoms with Crippen molar-refractivity contribution in [1.82, 2.24) is 15.5 Å². The lowest BCUT2D eigenvalue weighted by molar-refractivity contribution is 0.00271. The van der Waals surface area contributed by atoms with Gasteiger partial charge >= 0.3 is 0 Å². The first kappa shape index (κ1) is 27.1. The standard InChI is InChI=1S/C21H42N4O2S.HI/c1-5-17(6-2)20(25-11-13-27-14-12-25)16-23-21(22-4)24-18-9-8-10-19(15-18)28(26)7-3;/h17-20H,5-16H2,1-4H3,(H2,22,23,24);1H. The van der Waals surface area contributed by atoms with Crippen LogP contribution in [0.25, 0.3) is 0 Å². The minimum absolute atomic E-state index is 0. The fourth-order valence-electron chi connectivity index (χ4n) is 4.68. The van der Waals surface area contributed by atoms with E-state index >= 15 is 0 Å². The molecule has 2 N–H and O–H groups in total. The van der Waals surface area contributed by atoms with Gasteiger partial charge in [-0.25, -0.2) is 0 Å². The van der Waals surface area contributed by atoms with Crippen molar-refractivity contribution in [2.75, 3.05) is 45.6 Å². The van der Waals surface area contributed by atoms with Crippen LogP contribution >= 0.6 is 24.0 Å². The van der Waals surface area contributed by atoms with E-state index in [1.54, 1.807) is 0 Å². The molecular weight excluding hydrogens is 499 g/mol. The first-order chi connectivity index (χ1) is 13.6. The number of aliphatic imine (C=N–C) groups is 1. The van der Waals surface area contributed by atoms with Gasteiger partial charge in [0.2, 0.25) is 0 Å². The number of morpholine rings is 1. The summed E-state index contributed by atoms with van der Waals surface area (Å²) in [6.45, 7) is 11.2. The zero-order valence-corrected chi connectivity index (χ0v) is 22.0. The smallest absolute Gasteiger partial charge is 0.191 e. The number of hydrogen-bond acceptors (Lipinski definition) is 4. The van der Waals surface area contributed by atoms with Gasteiger partial charge in [-0.2, -0.15) is 0 Å². The molecule has 1 aliphatic carbocycles. The molecule has 172 valence electrons. The number of halogens is 1. The van der Waals surface area contributed by atoms with Crippen molar-refractivity contribution >= 4 is 40.7 Å². The summed E-state index contributed by atoms with van der Waals surface area (Å²) in [6.07, 6.45) is 6.75. The first-order valence-corrected chi connectivity index (χ1v) is 12.7. The Bertz CT molecular complexity index is 499. The highest BCUT2D eigenvalue weighted by atomic mass is 127. The van der Waals surface area contributed by atoms with E-state index in [-0.39, 0.29) is 24.0 Å². The van der Waals surface area contributed by atoms with Gasteiger partial charge in [0.25, 0.3) is 0 Å². The zero-order valence-electron chi connectivity index (χ0n) is 18.8. The van der Waals surface area contributed by atoms with Gasteiger partial charge in [0, 0.05) is 60.6 Å². The zero-order chi connectivity index (χ0) is 20.4. The SMILES string of the molecule is CCC(CC)C(CNC(=NC)NC1CCCC(S(=O)CC)C1)N1CCOCC1.I. The Kier molecular flexibility index (Phi) is 14.0. The summed E-state index contributed by atoms with van der Waals surface area (Å²) in [5, 5.41) is 7.54. The molecule has 0 bridgehead atoms. The number of hydrogen-bond donors (Lipinski definition) is 2. The third-order valence-corrected chi connectivity index (χ3v) is 8.17. The molecule has 2 rings (SSSR count). The van der Waals surface area contributed by atoms with Crippen LogP contribution in [0.5, 0.6) is 0 Å². The predicted octanol–water partition coefficient (Wildman–Crippen LogP) is 2.99. The molecule has 4 unspecified atom stereocenters. The lowest BCUT2D eigenvalue weighted by Gasteiger charge is -2.39. The van der Waals surface area contributed by atoms with Crippen LogP contribution in [0.1, 0.15) is 59.3 Å². The molecule has 0 amide bonds. The highest BCUT2D eigenvalue weighted by Gasteiger charge is 2.28. The average molecular weight is 543 g/mol. The predicted molar refractivity (Wildman–Crippen MR) is 135 cm³/mol. The topological polar surface area (TPSA) is 66.0 Å². The Morgan fingerprint density at radius 3 is 2.48 bits per heavy atom. The summed E-state index contributed by atoms with van der Waals surface area (Å²) < 4.78 is 17.8. The van der Waals surface area contributed by atoms with Crippen molar-refractivity contribution in [3.8, 4) is 0 Å². The summed E-state index contributed by atoms with van der Waals surface area (Å²) in [7, 11) is 1.16. The van der Waals surface area contributed by atoms with E-state index in [2.05, 4.69) is 34.4 Å². The molecule has 0 radical (unpaired) electrons. The fourth-order valence-corrected chi connectivity index (χ4v) is 6.02. The van der Waals surface area contributed by atoms with Crippen molar-refractivity contribution < 1.29 is 8.95 Å². The van der Waals surface area contributed by atoms with Gasteiger partial charge in [-0.15, -0.1) is 24.0 Å². The maximum absolute atomic E-state index is 12.2. The molecule has 8 heteroatoms. The first-order valence-electron chi connectivity index (χ1n) is 11.3. The van der Waals surface area contributed by atoms with Crippen LogP contribution in [0.3, 0.4) is 0 Å². The molecule has 0 aromatic rings. The number of guanidine groups is 1. The Hall–Kier alpha value is 0.0700. The molecular formula is C21H43IN4O2S. The van der Waals surface area contributed by atoms with E-state index in [0.29, 0.717) is 23.3 Å². The van der Waals surface area contributed by atoms with Crippen molar-refractivity contribution in [3.05, 3.63) is 0 Å².